The van der Waals surface area contributed by atoms with Gasteiger partial charge in [0.2, 0.25) is 0 Å². The van der Waals surface area contributed by atoms with E-state index >= 15 is 0 Å². The third-order valence-corrected chi connectivity index (χ3v) is 2.48. The van der Waals surface area contributed by atoms with E-state index < -0.39 is 10.9 Å². The maximum Gasteiger partial charge on any atom is 0.137 e. The van der Waals surface area contributed by atoms with Crippen molar-refractivity contribution in [2.24, 2.45) is 0 Å². The van der Waals surface area contributed by atoms with Crippen LogP contribution in [0.4, 0.5) is 0 Å². The summed E-state index contributed by atoms with van der Waals surface area (Å²) in [6, 6.07) is 5.03. The van der Waals surface area contributed by atoms with Crippen LogP contribution in [0.15, 0.2) is 18.2 Å². The maximum absolute atomic E-state index is 9.69. The summed E-state index contributed by atoms with van der Waals surface area (Å²) in [4.78, 5) is -0.896. The molecule has 84 valence electrons. The fourth-order valence-corrected chi connectivity index (χ4v) is 1.47. The Balaban J connectivity index is 3.07. The third-order valence-electron chi connectivity index (χ3n) is 2.00. The summed E-state index contributed by atoms with van der Waals surface area (Å²) in [6.45, 7) is 0. The van der Waals surface area contributed by atoms with Crippen LogP contribution in [-0.4, -0.2) is 24.2 Å². The van der Waals surface area contributed by atoms with E-state index in [0.717, 1.165) is 0 Å². The van der Waals surface area contributed by atoms with Crippen molar-refractivity contribution in [3.05, 3.63) is 23.8 Å². The zero-order valence-electron chi connectivity index (χ0n) is 8.41. The highest BCUT2D eigenvalue weighted by Gasteiger charge is 2.20. The van der Waals surface area contributed by atoms with Crippen LogP contribution in [0.25, 0.3) is 0 Å². The van der Waals surface area contributed by atoms with Crippen molar-refractivity contribution < 1.29 is 14.6 Å². The highest BCUT2D eigenvalue weighted by Crippen LogP contribution is 2.33. The summed E-state index contributed by atoms with van der Waals surface area (Å²) in [5.74, 6) is 1.14. The van der Waals surface area contributed by atoms with Gasteiger partial charge in [-0.3, -0.25) is 0 Å². The summed E-state index contributed by atoms with van der Waals surface area (Å²) in [7, 11) is 3.05. The fourth-order valence-electron chi connectivity index (χ4n) is 1.20. The summed E-state index contributed by atoms with van der Waals surface area (Å²) >= 11 is 11.2. The lowest BCUT2D eigenvalue weighted by atomic mass is 10.1. The molecule has 1 aromatic rings. The lowest BCUT2D eigenvalue weighted by Crippen LogP contribution is -2.07. The quantitative estimate of drug-likeness (QED) is 0.835. The minimum Gasteiger partial charge on any atom is -0.497 e. The van der Waals surface area contributed by atoms with Crippen molar-refractivity contribution >= 4 is 23.2 Å². The molecule has 0 fully saturated rings. The zero-order valence-corrected chi connectivity index (χ0v) is 9.92. The van der Waals surface area contributed by atoms with Gasteiger partial charge in [-0.15, -0.1) is 23.2 Å². The molecule has 1 atom stereocenters. The van der Waals surface area contributed by atoms with E-state index in [1.54, 1.807) is 25.3 Å². The Kier molecular flexibility index (Phi) is 4.51. The normalized spacial score (nSPS) is 12.7. The molecule has 0 aliphatic heterocycles. The lowest BCUT2D eigenvalue weighted by Gasteiger charge is -2.16. The van der Waals surface area contributed by atoms with Crippen LogP contribution in [-0.2, 0) is 0 Å². The Morgan fingerprint density at radius 3 is 2.33 bits per heavy atom. The molecule has 0 heterocycles. The molecule has 15 heavy (non-hydrogen) atoms. The molecule has 1 rings (SSSR count). The summed E-state index contributed by atoms with van der Waals surface area (Å²) in [5.41, 5.74) is 0.535. The fraction of sp³-hybridized carbons (Fsp3) is 0.400. The third kappa shape index (κ3) is 2.91. The van der Waals surface area contributed by atoms with Crippen LogP contribution in [0.3, 0.4) is 0 Å². The van der Waals surface area contributed by atoms with Crippen LogP contribution in [0.1, 0.15) is 11.7 Å². The highest BCUT2D eigenvalue weighted by atomic mass is 35.5. The molecule has 1 N–H and O–H groups in total. The van der Waals surface area contributed by atoms with Crippen LogP contribution in [0.5, 0.6) is 11.5 Å². The second-order valence-corrected chi connectivity index (χ2v) is 4.05. The number of alkyl halides is 2. The Labute approximate surface area is 98.5 Å². The van der Waals surface area contributed by atoms with Crippen molar-refractivity contribution in [2.75, 3.05) is 14.2 Å². The number of ether oxygens (including phenoxy) is 2. The molecule has 1 unspecified atom stereocenters. The molecule has 0 spiro atoms. The van der Waals surface area contributed by atoms with Gasteiger partial charge in [-0.2, -0.15) is 0 Å². The van der Waals surface area contributed by atoms with Gasteiger partial charge < -0.3 is 14.6 Å². The molecule has 3 nitrogen and oxygen atoms in total. The predicted molar refractivity (Wildman–Crippen MR) is 60.0 cm³/mol. The monoisotopic (exact) mass is 250 g/mol. The van der Waals surface area contributed by atoms with E-state index in [0.29, 0.717) is 17.1 Å². The van der Waals surface area contributed by atoms with Crippen LogP contribution < -0.4 is 9.47 Å². The van der Waals surface area contributed by atoms with Crippen LogP contribution in [0, 0.1) is 0 Å². The molecule has 0 saturated carbocycles. The molecule has 0 bridgehead atoms. The van der Waals surface area contributed by atoms with Gasteiger partial charge in [-0.25, -0.2) is 0 Å². The molecule has 1 aromatic carbocycles. The van der Waals surface area contributed by atoms with E-state index in [9.17, 15) is 5.11 Å². The van der Waals surface area contributed by atoms with E-state index in [4.69, 9.17) is 32.7 Å². The van der Waals surface area contributed by atoms with E-state index in [1.165, 1.54) is 7.11 Å². The summed E-state index contributed by atoms with van der Waals surface area (Å²) in [6.07, 6.45) is -0.978. The number of aliphatic hydroxyl groups excluding tert-OH is 1. The van der Waals surface area contributed by atoms with Gasteiger partial charge >= 0.3 is 0 Å². The number of methoxy groups -OCH3 is 2. The standard InChI is InChI=1S/C10H12Cl2O3/c1-14-6-3-4-7(8(5-6)15-2)9(13)10(11)12/h3-5,9-10,13H,1-2H3. The Bertz CT molecular complexity index is 328. The predicted octanol–water partition coefficient (Wildman–Crippen LogP) is 2.54. The van der Waals surface area contributed by atoms with Crippen molar-refractivity contribution in [1.82, 2.24) is 0 Å². The van der Waals surface area contributed by atoms with Gasteiger partial charge in [-0.1, -0.05) is 0 Å². The van der Waals surface area contributed by atoms with Gasteiger partial charge in [0.05, 0.1) is 14.2 Å². The summed E-state index contributed by atoms with van der Waals surface area (Å²) < 4.78 is 10.1. The topological polar surface area (TPSA) is 38.7 Å². The van der Waals surface area contributed by atoms with E-state index in [-0.39, 0.29) is 0 Å². The first kappa shape index (κ1) is 12.4. The first-order valence-electron chi connectivity index (χ1n) is 4.28. The van der Waals surface area contributed by atoms with E-state index in [1.807, 2.05) is 0 Å². The number of aliphatic hydroxyl groups is 1. The molecule has 0 aliphatic rings. The largest absolute Gasteiger partial charge is 0.497 e. The first-order chi connectivity index (χ1) is 7.10. The van der Waals surface area contributed by atoms with Crippen LogP contribution in [0.2, 0.25) is 0 Å². The van der Waals surface area contributed by atoms with Gasteiger partial charge in [0.15, 0.2) is 0 Å². The smallest absolute Gasteiger partial charge is 0.137 e. The van der Waals surface area contributed by atoms with Gasteiger partial charge in [0.25, 0.3) is 0 Å². The molecule has 5 heteroatoms. The number of rotatable bonds is 4. The second kappa shape index (κ2) is 5.45. The molecule has 0 aliphatic carbocycles. The molecule has 0 amide bonds. The number of hydrogen-bond acceptors (Lipinski definition) is 3. The molecule has 0 radical (unpaired) electrons. The van der Waals surface area contributed by atoms with Crippen molar-refractivity contribution in [1.29, 1.82) is 0 Å². The zero-order chi connectivity index (χ0) is 11.4. The first-order valence-corrected chi connectivity index (χ1v) is 5.15. The molecular formula is C10H12Cl2O3. The van der Waals surface area contributed by atoms with Crippen LogP contribution >= 0.6 is 23.2 Å². The molecule has 0 saturated heterocycles. The number of hydrogen-bond donors (Lipinski definition) is 1. The Hall–Kier alpha value is -0.640. The number of benzene rings is 1. The Morgan fingerprint density at radius 2 is 1.87 bits per heavy atom. The van der Waals surface area contributed by atoms with Gasteiger partial charge in [0, 0.05) is 11.6 Å². The van der Waals surface area contributed by atoms with Crippen molar-refractivity contribution in [3.63, 3.8) is 0 Å². The maximum atomic E-state index is 9.69. The van der Waals surface area contributed by atoms with Gasteiger partial charge in [-0.05, 0) is 12.1 Å². The minimum atomic E-state index is -0.978. The molecular weight excluding hydrogens is 239 g/mol. The lowest BCUT2D eigenvalue weighted by molar-refractivity contribution is 0.188. The van der Waals surface area contributed by atoms with E-state index in [2.05, 4.69) is 0 Å². The minimum absolute atomic E-state index is 0.494. The average Bonchev–Trinajstić information content (AvgIpc) is 2.27. The van der Waals surface area contributed by atoms with Gasteiger partial charge in [0.1, 0.15) is 22.4 Å². The Morgan fingerprint density at radius 1 is 1.20 bits per heavy atom. The second-order valence-electron chi connectivity index (χ2n) is 2.89. The number of halogens is 2. The highest BCUT2D eigenvalue weighted by molar-refractivity contribution is 6.44. The average molecular weight is 251 g/mol. The van der Waals surface area contributed by atoms with Crippen molar-refractivity contribution in [2.45, 2.75) is 10.9 Å². The SMILES string of the molecule is COc1ccc(C(O)C(Cl)Cl)c(OC)c1. The van der Waals surface area contributed by atoms with Crippen molar-refractivity contribution in [3.8, 4) is 11.5 Å². The molecule has 0 aromatic heterocycles. The summed E-state index contributed by atoms with van der Waals surface area (Å²) in [5, 5.41) is 9.69.